The number of halogens is 5. The largest absolute Gasteiger partial charge is 0.405 e. The summed E-state index contributed by atoms with van der Waals surface area (Å²) in [7, 11) is 0. The SMILES string of the molecule is CCN(c1nc(-c2ccc(F)cc2)c(C#N)s1)c1c2cc(N3CCN(CC(=O)N4CC(C)C4)C(C(F)(F)F)C3)cc(F)c2nn1CC. The summed E-state index contributed by atoms with van der Waals surface area (Å²) in [6, 6.07) is 8.73. The standard InChI is InChI=1S/C32H33F5N8OS/c1-4-44(31-39-28(25(14-38)47-31)20-6-8-21(33)9-7-20)30-23-12-22(13-24(34)29(23)40-45(30)5-2)41-10-11-42(26(17-41)32(35,36)37)18-27(46)43-15-19(3)16-43/h6-9,12-13,19,26H,4-5,10-11,15-18H2,1-3H3. The van der Waals surface area contributed by atoms with Gasteiger partial charge in [-0.05, 0) is 56.2 Å². The quantitative estimate of drug-likeness (QED) is 0.212. The lowest BCUT2D eigenvalue weighted by Gasteiger charge is -2.44. The minimum atomic E-state index is -4.60. The summed E-state index contributed by atoms with van der Waals surface area (Å²) in [5, 5.41) is 15.2. The van der Waals surface area contributed by atoms with Crippen LogP contribution in [0.2, 0.25) is 0 Å². The third-order valence-corrected chi connectivity index (χ3v) is 9.66. The molecule has 2 aliphatic rings. The maximum absolute atomic E-state index is 15.7. The van der Waals surface area contributed by atoms with E-state index in [4.69, 9.17) is 4.98 Å². The molecule has 2 aliphatic heterocycles. The molecule has 1 unspecified atom stereocenters. The van der Waals surface area contributed by atoms with Crippen molar-refractivity contribution in [1.82, 2.24) is 24.6 Å². The van der Waals surface area contributed by atoms with E-state index in [1.165, 1.54) is 40.1 Å². The Kier molecular flexibility index (Phi) is 8.84. The molecular weight excluding hydrogens is 639 g/mol. The topological polar surface area (TPSA) is 84.5 Å². The number of thiazole rings is 1. The maximum atomic E-state index is 15.7. The number of carbonyl (C=O) groups excluding carboxylic acids is 1. The average molecular weight is 673 g/mol. The van der Waals surface area contributed by atoms with Gasteiger partial charge in [0.05, 0.1) is 6.54 Å². The molecule has 0 spiro atoms. The van der Waals surface area contributed by atoms with Gasteiger partial charge in [-0.25, -0.2) is 18.4 Å². The smallest absolute Gasteiger partial charge is 0.368 e. The molecular formula is C32H33F5N8OS. The van der Waals surface area contributed by atoms with Crippen molar-refractivity contribution < 1.29 is 26.7 Å². The zero-order valence-electron chi connectivity index (χ0n) is 26.1. The van der Waals surface area contributed by atoms with Gasteiger partial charge < -0.3 is 14.7 Å². The number of carbonyl (C=O) groups is 1. The Morgan fingerprint density at radius 3 is 2.45 bits per heavy atom. The minimum Gasteiger partial charge on any atom is -0.368 e. The molecule has 6 rings (SSSR count). The number of rotatable bonds is 8. The van der Waals surface area contributed by atoms with Gasteiger partial charge in [-0.1, -0.05) is 18.3 Å². The van der Waals surface area contributed by atoms with Crippen LogP contribution >= 0.6 is 11.3 Å². The van der Waals surface area contributed by atoms with E-state index in [9.17, 15) is 27.6 Å². The summed E-state index contributed by atoms with van der Waals surface area (Å²) >= 11 is 1.12. The molecule has 2 fully saturated rings. The molecule has 0 aliphatic carbocycles. The van der Waals surface area contributed by atoms with Gasteiger partial charge >= 0.3 is 6.18 Å². The fourth-order valence-electron chi connectivity index (χ4n) is 6.26. The summed E-state index contributed by atoms with van der Waals surface area (Å²) in [4.78, 5) is 23.7. The molecule has 2 saturated heterocycles. The molecule has 4 aromatic rings. The van der Waals surface area contributed by atoms with Crippen LogP contribution in [0.3, 0.4) is 0 Å². The lowest BCUT2D eigenvalue weighted by atomic mass is 10.0. The van der Waals surface area contributed by atoms with Gasteiger partial charge in [0.2, 0.25) is 5.91 Å². The number of amides is 1. The van der Waals surface area contributed by atoms with Gasteiger partial charge in [0, 0.05) is 62.5 Å². The van der Waals surface area contributed by atoms with Crippen LogP contribution in [0.15, 0.2) is 36.4 Å². The zero-order valence-corrected chi connectivity index (χ0v) is 26.9. The second-order valence-corrected chi connectivity index (χ2v) is 12.9. The summed E-state index contributed by atoms with van der Waals surface area (Å²) in [6.07, 6.45) is -4.60. The van der Waals surface area contributed by atoms with Crippen LogP contribution in [0.25, 0.3) is 22.2 Å². The highest BCUT2D eigenvalue weighted by Gasteiger charge is 2.47. The summed E-state index contributed by atoms with van der Waals surface area (Å²) < 4.78 is 74.0. The Bertz CT molecular complexity index is 1830. The number of aromatic nitrogens is 3. The Balaban J connectivity index is 1.35. The second-order valence-electron chi connectivity index (χ2n) is 11.9. The van der Waals surface area contributed by atoms with Crippen LogP contribution in [0.5, 0.6) is 0 Å². The number of likely N-dealkylation sites (tertiary alicyclic amines) is 1. The van der Waals surface area contributed by atoms with E-state index in [-0.39, 0.29) is 36.7 Å². The van der Waals surface area contributed by atoms with E-state index >= 15 is 4.39 Å². The van der Waals surface area contributed by atoms with E-state index in [1.807, 2.05) is 20.8 Å². The first-order valence-corrected chi connectivity index (χ1v) is 16.2. The van der Waals surface area contributed by atoms with Crippen molar-refractivity contribution in [3.63, 3.8) is 0 Å². The normalized spacial score (nSPS) is 17.6. The highest BCUT2D eigenvalue weighted by atomic mass is 32.1. The van der Waals surface area contributed by atoms with Crippen molar-refractivity contribution in [2.24, 2.45) is 5.92 Å². The third kappa shape index (κ3) is 6.23. The molecule has 4 heterocycles. The van der Waals surface area contributed by atoms with Crippen LogP contribution in [-0.2, 0) is 11.3 Å². The fraction of sp³-hybridized carbons (Fsp3) is 0.438. The number of nitrogens with zero attached hydrogens (tertiary/aromatic N) is 8. The number of hydrogen-bond donors (Lipinski definition) is 0. The molecule has 1 atom stereocenters. The maximum Gasteiger partial charge on any atom is 0.405 e. The van der Waals surface area contributed by atoms with Crippen molar-refractivity contribution in [1.29, 1.82) is 5.26 Å². The summed E-state index contributed by atoms with van der Waals surface area (Å²) in [5.41, 5.74) is 1.26. The van der Waals surface area contributed by atoms with Crippen molar-refractivity contribution in [2.75, 3.05) is 55.6 Å². The number of benzene rings is 2. The Hall–Kier alpha value is -4.29. The van der Waals surface area contributed by atoms with Gasteiger partial charge in [0.1, 0.15) is 39.8 Å². The van der Waals surface area contributed by atoms with Crippen LogP contribution in [-0.4, -0.2) is 88.5 Å². The molecule has 248 valence electrons. The van der Waals surface area contributed by atoms with Gasteiger partial charge in [-0.15, -0.1) is 0 Å². The zero-order chi connectivity index (χ0) is 33.6. The first-order chi connectivity index (χ1) is 22.4. The van der Waals surface area contributed by atoms with Gasteiger partial charge in [-0.3, -0.25) is 9.69 Å². The van der Waals surface area contributed by atoms with Crippen LogP contribution < -0.4 is 9.80 Å². The summed E-state index contributed by atoms with van der Waals surface area (Å²) in [6.45, 7) is 6.83. The predicted octanol–water partition coefficient (Wildman–Crippen LogP) is 6.02. The van der Waals surface area contributed by atoms with Crippen molar-refractivity contribution in [3.05, 3.63) is 52.9 Å². The lowest BCUT2D eigenvalue weighted by molar-refractivity contribution is -0.186. The monoisotopic (exact) mass is 672 g/mol. The molecule has 1 amide bonds. The van der Waals surface area contributed by atoms with E-state index in [0.717, 1.165) is 11.3 Å². The van der Waals surface area contributed by atoms with Gasteiger partial charge in [0.25, 0.3) is 0 Å². The average Bonchev–Trinajstić information content (AvgIpc) is 3.62. The van der Waals surface area contributed by atoms with Crippen molar-refractivity contribution in [2.45, 2.75) is 39.5 Å². The first-order valence-electron chi connectivity index (χ1n) is 15.4. The Morgan fingerprint density at radius 2 is 1.83 bits per heavy atom. The van der Waals surface area contributed by atoms with Crippen LogP contribution in [0, 0.1) is 28.9 Å². The first kappa shape index (κ1) is 32.6. The molecule has 2 aromatic heterocycles. The highest BCUT2D eigenvalue weighted by molar-refractivity contribution is 7.16. The van der Waals surface area contributed by atoms with Crippen LogP contribution in [0.1, 0.15) is 25.6 Å². The molecule has 0 radical (unpaired) electrons. The third-order valence-electron chi connectivity index (χ3n) is 8.68. The number of hydrogen-bond acceptors (Lipinski definition) is 8. The molecule has 15 heteroatoms. The Morgan fingerprint density at radius 1 is 1.11 bits per heavy atom. The fourth-order valence-corrected chi connectivity index (χ4v) is 7.21. The van der Waals surface area contributed by atoms with E-state index in [1.54, 1.807) is 20.5 Å². The molecule has 2 aromatic carbocycles. The molecule has 47 heavy (non-hydrogen) atoms. The number of alkyl halides is 3. The van der Waals surface area contributed by atoms with Crippen molar-refractivity contribution >= 4 is 44.8 Å². The number of nitriles is 1. The molecule has 0 saturated carbocycles. The van der Waals surface area contributed by atoms with Gasteiger partial charge in [0.15, 0.2) is 10.9 Å². The predicted molar refractivity (Wildman–Crippen MR) is 170 cm³/mol. The number of anilines is 3. The highest BCUT2D eigenvalue weighted by Crippen LogP contribution is 2.41. The van der Waals surface area contributed by atoms with E-state index in [2.05, 4.69) is 11.2 Å². The van der Waals surface area contributed by atoms with Gasteiger partial charge in [-0.2, -0.15) is 23.5 Å². The number of piperazine rings is 1. The second kappa shape index (κ2) is 12.7. The molecule has 0 bridgehead atoms. The number of fused-ring (bicyclic) bond motifs is 1. The summed E-state index contributed by atoms with van der Waals surface area (Å²) in [5.74, 6) is -0.606. The van der Waals surface area contributed by atoms with Crippen molar-refractivity contribution in [3.8, 4) is 17.3 Å². The number of aryl methyl sites for hydroxylation is 1. The minimum absolute atomic E-state index is 0.0245. The van der Waals surface area contributed by atoms with E-state index in [0.29, 0.717) is 64.6 Å². The molecule has 0 N–H and O–H groups in total. The Labute approximate surface area is 272 Å². The van der Waals surface area contributed by atoms with E-state index < -0.39 is 30.4 Å². The lowest BCUT2D eigenvalue weighted by Crippen LogP contribution is -2.62. The molecule has 9 nitrogen and oxygen atoms in total. The van der Waals surface area contributed by atoms with Crippen LogP contribution in [0.4, 0.5) is 38.6 Å².